The van der Waals surface area contributed by atoms with Gasteiger partial charge in [-0.2, -0.15) is 0 Å². The van der Waals surface area contributed by atoms with E-state index in [0.29, 0.717) is 5.92 Å². The van der Waals surface area contributed by atoms with Gasteiger partial charge in [0.1, 0.15) is 0 Å². The monoisotopic (exact) mass is 388 g/mol. The summed E-state index contributed by atoms with van der Waals surface area (Å²) in [6.45, 7) is 2.07. The molecule has 0 saturated heterocycles. The lowest BCUT2D eigenvalue weighted by atomic mass is 9.91. The number of aliphatic hydroxyl groups is 1. The summed E-state index contributed by atoms with van der Waals surface area (Å²) in [4.78, 5) is 0. The Morgan fingerprint density at radius 2 is 1.74 bits per heavy atom. The number of aliphatic hydroxyl groups excluding tert-OH is 1. The highest BCUT2D eigenvalue weighted by molar-refractivity contribution is 9.11. The van der Waals surface area contributed by atoms with Crippen molar-refractivity contribution in [2.75, 3.05) is 0 Å². The van der Waals surface area contributed by atoms with Crippen molar-refractivity contribution in [3.8, 4) is 0 Å². The van der Waals surface area contributed by atoms with E-state index in [4.69, 9.17) is 0 Å². The van der Waals surface area contributed by atoms with E-state index in [9.17, 15) is 5.11 Å². The van der Waals surface area contributed by atoms with Crippen molar-refractivity contribution in [2.45, 2.75) is 58.0 Å². The average molecular weight is 390 g/mol. The van der Waals surface area contributed by atoms with Crippen LogP contribution in [0.25, 0.3) is 0 Å². The van der Waals surface area contributed by atoms with Crippen LogP contribution in [0.5, 0.6) is 0 Å². The van der Waals surface area contributed by atoms with Crippen LogP contribution < -0.4 is 0 Å². The normalized spacial score (nSPS) is 19.2. The van der Waals surface area contributed by atoms with Crippen molar-refractivity contribution in [2.24, 2.45) is 5.92 Å². The molecule has 1 aliphatic carbocycles. The van der Waals surface area contributed by atoms with Crippen LogP contribution in [0.15, 0.2) is 21.1 Å². The highest BCUT2D eigenvalue weighted by atomic mass is 79.9. The van der Waals surface area contributed by atoms with Crippen LogP contribution in [0.1, 0.15) is 62.2 Å². The van der Waals surface area contributed by atoms with Crippen LogP contribution >= 0.6 is 31.9 Å². The van der Waals surface area contributed by atoms with Crippen LogP contribution in [0.2, 0.25) is 0 Å². The molecule has 1 aromatic rings. The summed E-state index contributed by atoms with van der Waals surface area (Å²) < 4.78 is 2.10. The van der Waals surface area contributed by atoms with Crippen molar-refractivity contribution in [3.63, 3.8) is 0 Å². The average Bonchev–Trinajstić information content (AvgIpc) is 2.62. The minimum Gasteiger partial charge on any atom is -0.388 e. The summed E-state index contributed by atoms with van der Waals surface area (Å²) in [5.41, 5.74) is 2.21. The van der Waals surface area contributed by atoms with Gasteiger partial charge >= 0.3 is 0 Å². The maximum absolute atomic E-state index is 10.5. The van der Waals surface area contributed by atoms with Crippen molar-refractivity contribution < 1.29 is 5.11 Å². The third-order valence-corrected chi connectivity index (χ3v) is 5.71. The van der Waals surface area contributed by atoms with Crippen LogP contribution in [0.4, 0.5) is 0 Å². The van der Waals surface area contributed by atoms with Gasteiger partial charge in [0.2, 0.25) is 0 Å². The van der Waals surface area contributed by atoms with E-state index in [1.807, 2.05) is 0 Å². The van der Waals surface area contributed by atoms with E-state index in [1.54, 1.807) is 0 Å². The van der Waals surface area contributed by atoms with Gasteiger partial charge in [0.25, 0.3) is 0 Å². The number of hydrogen-bond acceptors (Lipinski definition) is 1. The quantitative estimate of drug-likeness (QED) is 0.636. The fourth-order valence-electron chi connectivity index (χ4n) is 2.96. The molecular weight excluding hydrogens is 368 g/mol. The third-order valence-electron chi connectivity index (χ3n) is 4.17. The second-order valence-electron chi connectivity index (χ2n) is 5.73. The Morgan fingerprint density at radius 3 is 2.37 bits per heavy atom. The Balaban J connectivity index is 2.06. The topological polar surface area (TPSA) is 20.2 Å². The van der Waals surface area contributed by atoms with Crippen molar-refractivity contribution in [1.29, 1.82) is 0 Å². The molecule has 3 heteroatoms. The molecule has 106 valence electrons. The van der Waals surface area contributed by atoms with Gasteiger partial charge < -0.3 is 5.11 Å². The molecule has 1 N–H and O–H groups in total. The lowest BCUT2D eigenvalue weighted by Gasteiger charge is -2.20. The highest BCUT2D eigenvalue weighted by Gasteiger charge is 2.20. The largest absolute Gasteiger partial charge is 0.388 e. The molecule has 1 fully saturated rings. The molecular formula is C16H22Br2O. The summed E-state index contributed by atoms with van der Waals surface area (Å²) in [5.74, 6) is 0.685. The Bertz CT molecular complexity index is 423. The molecule has 1 aromatic carbocycles. The minimum atomic E-state index is -0.352. The minimum absolute atomic E-state index is 0.352. The summed E-state index contributed by atoms with van der Waals surface area (Å²) in [5, 5.41) is 10.5. The zero-order chi connectivity index (χ0) is 13.8. The smallest absolute Gasteiger partial charge is 0.0804 e. The molecule has 0 spiro atoms. The van der Waals surface area contributed by atoms with Gasteiger partial charge in [0.05, 0.1) is 6.10 Å². The van der Waals surface area contributed by atoms with E-state index >= 15 is 0 Å². The SMILES string of the molecule is Cc1cc(Br)c(C(O)CC2CCCCCC2)cc1Br. The number of aryl methyl sites for hydroxylation is 1. The fraction of sp³-hybridized carbons (Fsp3) is 0.625. The second-order valence-corrected chi connectivity index (χ2v) is 7.44. The van der Waals surface area contributed by atoms with Gasteiger partial charge in [-0.1, -0.05) is 70.4 Å². The standard InChI is InChI=1S/C16H22Br2O/c1-11-8-15(18)13(10-14(11)17)16(19)9-12-6-4-2-3-5-7-12/h8,10,12,16,19H,2-7,9H2,1H3. The molecule has 0 bridgehead atoms. The molecule has 0 heterocycles. The number of benzene rings is 1. The van der Waals surface area contributed by atoms with Gasteiger partial charge in [0.15, 0.2) is 0 Å². The van der Waals surface area contributed by atoms with Crippen molar-refractivity contribution in [1.82, 2.24) is 0 Å². The predicted molar refractivity (Wildman–Crippen MR) is 87.3 cm³/mol. The molecule has 1 nitrogen and oxygen atoms in total. The predicted octanol–water partition coefficient (Wildman–Crippen LogP) is 5.91. The van der Waals surface area contributed by atoms with E-state index in [-0.39, 0.29) is 6.10 Å². The first-order valence-electron chi connectivity index (χ1n) is 7.21. The molecule has 1 atom stereocenters. The molecule has 1 saturated carbocycles. The Morgan fingerprint density at radius 1 is 1.11 bits per heavy atom. The molecule has 0 amide bonds. The van der Waals surface area contributed by atoms with Crippen molar-refractivity contribution >= 4 is 31.9 Å². The Hall–Kier alpha value is 0.140. The van der Waals surface area contributed by atoms with Gasteiger partial charge in [-0.15, -0.1) is 0 Å². The second kappa shape index (κ2) is 7.24. The van der Waals surface area contributed by atoms with Gasteiger partial charge in [0, 0.05) is 8.95 Å². The highest BCUT2D eigenvalue weighted by Crippen LogP contribution is 2.35. The summed E-state index contributed by atoms with van der Waals surface area (Å²) >= 11 is 7.14. The zero-order valence-electron chi connectivity index (χ0n) is 11.5. The van der Waals surface area contributed by atoms with E-state index in [1.165, 1.54) is 44.1 Å². The Kier molecular flexibility index (Phi) is 5.91. The van der Waals surface area contributed by atoms with Gasteiger partial charge in [-0.25, -0.2) is 0 Å². The number of hydrogen-bond donors (Lipinski definition) is 1. The van der Waals surface area contributed by atoms with Crippen LogP contribution in [-0.4, -0.2) is 5.11 Å². The van der Waals surface area contributed by atoms with Crippen LogP contribution in [0.3, 0.4) is 0 Å². The Labute approximate surface area is 133 Å². The van der Waals surface area contributed by atoms with Gasteiger partial charge in [-0.05, 0) is 42.5 Å². The maximum atomic E-state index is 10.5. The lowest BCUT2D eigenvalue weighted by molar-refractivity contribution is 0.138. The first kappa shape index (κ1) is 15.5. The summed E-state index contributed by atoms with van der Waals surface area (Å²) in [7, 11) is 0. The van der Waals surface area contributed by atoms with Crippen LogP contribution in [-0.2, 0) is 0 Å². The first-order chi connectivity index (χ1) is 9.08. The number of halogens is 2. The maximum Gasteiger partial charge on any atom is 0.0804 e. The molecule has 2 rings (SSSR count). The van der Waals surface area contributed by atoms with Crippen molar-refractivity contribution in [3.05, 3.63) is 32.2 Å². The van der Waals surface area contributed by atoms with E-state index in [2.05, 4.69) is 50.9 Å². The zero-order valence-corrected chi connectivity index (χ0v) is 14.6. The molecule has 0 aliphatic heterocycles. The number of rotatable bonds is 3. The van der Waals surface area contributed by atoms with Crippen LogP contribution in [0, 0.1) is 12.8 Å². The van der Waals surface area contributed by atoms with E-state index < -0.39 is 0 Å². The molecule has 1 unspecified atom stereocenters. The van der Waals surface area contributed by atoms with Gasteiger partial charge in [-0.3, -0.25) is 0 Å². The molecule has 19 heavy (non-hydrogen) atoms. The summed E-state index contributed by atoms with van der Waals surface area (Å²) in [6.07, 6.45) is 8.50. The van der Waals surface area contributed by atoms with E-state index in [0.717, 1.165) is 20.9 Å². The third kappa shape index (κ3) is 4.30. The molecule has 0 radical (unpaired) electrons. The lowest BCUT2D eigenvalue weighted by Crippen LogP contribution is -2.08. The summed E-state index contributed by atoms with van der Waals surface area (Å²) in [6, 6.07) is 4.14. The fourth-order valence-corrected chi connectivity index (χ4v) is 4.04. The first-order valence-corrected chi connectivity index (χ1v) is 8.80. The molecule has 1 aliphatic rings. The molecule has 0 aromatic heterocycles.